The molecule has 1 saturated heterocycles. The van der Waals surface area contributed by atoms with E-state index in [0.717, 1.165) is 29.7 Å². The zero-order chi connectivity index (χ0) is 14.8. The maximum atomic E-state index is 12.1. The van der Waals surface area contributed by atoms with Gasteiger partial charge in [0.2, 0.25) is 0 Å². The molecule has 2 aromatic rings. The van der Waals surface area contributed by atoms with Gasteiger partial charge in [0, 0.05) is 37.3 Å². The summed E-state index contributed by atoms with van der Waals surface area (Å²) in [4.78, 5) is 14.5. The number of nitrogens with one attached hydrogen (secondary N) is 1. The third-order valence-corrected chi connectivity index (χ3v) is 4.46. The largest absolute Gasteiger partial charge is 0.384 e. The van der Waals surface area contributed by atoms with Gasteiger partial charge in [-0.25, -0.2) is 0 Å². The minimum Gasteiger partial charge on any atom is -0.384 e. The van der Waals surface area contributed by atoms with E-state index in [2.05, 4.69) is 23.3 Å². The van der Waals surface area contributed by atoms with Crippen LogP contribution in [0.5, 0.6) is 0 Å². The molecule has 0 aliphatic carbocycles. The molecule has 1 fully saturated rings. The van der Waals surface area contributed by atoms with Gasteiger partial charge >= 0.3 is 0 Å². The van der Waals surface area contributed by atoms with E-state index in [1.807, 2.05) is 25.2 Å². The van der Waals surface area contributed by atoms with E-state index in [1.54, 1.807) is 10.6 Å². The number of likely N-dealkylation sites (tertiary alicyclic amines) is 1. The number of pyridine rings is 1. The van der Waals surface area contributed by atoms with Crippen molar-refractivity contribution in [3.63, 3.8) is 0 Å². The van der Waals surface area contributed by atoms with Crippen LogP contribution in [0.4, 0.5) is 5.69 Å². The molecule has 1 aromatic carbocycles. The van der Waals surface area contributed by atoms with E-state index in [1.165, 1.54) is 19.4 Å². The highest BCUT2D eigenvalue weighted by Crippen LogP contribution is 2.22. The van der Waals surface area contributed by atoms with Crippen molar-refractivity contribution >= 4 is 16.6 Å². The van der Waals surface area contributed by atoms with Crippen molar-refractivity contribution in [1.82, 2.24) is 9.47 Å². The molecule has 0 radical (unpaired) electrons. The molecule has 1 unspecified atom stereocenters. The number of aromatic nitrogens is 1. The van der Waals surface area contributed by atoms with E-state index >= 15 is 0 Å². The smallest absolute Gasteiger partial charge is 0.252 e. The molecule has 1 aromatic heterocycles. The van der Waals surface area contributed by atoms with E-state index in [9.17, 15) is 4.79 Å². The quantitative estimate of drug-likeness (QED) is 0.940. The molecule has 21 heavy (non-hydrogen) atoms. The molecule has 1 N–H and O–H groups in total. The molecular formula is C17H23N3O. The van der Waals surface area contributed by atoms with Crippen LogP contribution in [-0.4, -0.2) is 36.1 Å². The number of para-hydroxylation sites is 1. The van der Waals surface area contributed by atoms with Gasteiger partial charge in [-0.1, -0.05) is 18.2 Å². The average molecular weight is 285 g/mol. The molecule has 0 spiro atoms. The fraction of sp³-hybridized carbons (Fsp3) is 0.471. The highest BCUT2D eigenvalue weighted by atomic mass is 16.1. The number of benzene rings is 1. The number of fused-ring (bicyclic) bond motifs is 1. The maximum absolute atomic E-state index is 12.1. The Kier molecular flexibility index (Phi) is 3.97. The molecule has 112 valence electrons. The van der Waals surface area contributed by atoms with Crippen molar-refractivity contribution in [2.24, 2.45) is 13.0 Å². The molecule has 0 bridgehead atoms. The predicted octanol–water partition coefficient (Wildman–Crippen LogP) is 2.29. The molecule has 1 aliphatic heterocycles. The Hall–Kier alpha value is -1.81. The lowest BCUT2D eigenvalue weighted by Crippen LogP contribution is -2.35. The number of hydrogen-bond donors (Lipinski definition) is 1. The van der Waals surface area contributed by atoms with Gasteiger partial charge in [-0.3, -0.25) is 4.79 Å². The van der Waals surface area contributed by atoms with Gasteiger partial charge in [0.25, 0.3) is 5.56 Å². The summed E-state index contributed by atoms with van der Waals surface area (Å²) in [5.74, 6) is 0.659. The van der Waals surface area contributed by atoms with Crippen molar-refractivity contribution < 1.29 is 0 Å². The van der Waals surface area contributed by atoms with Crippen LogP contribution < -0.4 is 10.9 Å². The first-order valence-electron chi connectivity index (χ1n) is 7.66. The summed E-state index contributed by atoms with van der Waals surface area (Å²) >= 11 is 0. The molecule has 0 amide bonds. The van der Waals surface area contributed by atoms with Crippen LogP contribution in [0.15, 0.2) is 35.1 Å². The third kappa shape index (κ3) is 2.95. The van der Waals surface area contributed by atoms with Gasteiger partial charge in [0.1, 0.15) is 0 Å². The van der Waals surface area contributed by atoms with Crippen LogP contribution in [0.3, 0.4) is 0 Å². The van der Waals surface area contributed by atoms with Gasteiger partial charge in [-0.05, 0) is 38.4 Å². The fourth-order valence-corrected chi connectivity index (χ4v) is 3.25. The first-order chi connectivity index (χ1) is 10.1. The molecule has 2 heterocycles. The standard InChI is InChI=1S/C17H23N3O/c1-19-9-5-6-13(12-19)11-18-15-10-17(21)20(2)16-8-4-3-7-14(15)16/h3-4,7-8,10,13,18H,5-6,9,11-12H2,1-2H3. The van der Waals surface area contributed by atoms with Gasteiger partial charge in [-0.15, -0.1) is 0 Å². The second kappa shape index (κ2) is 5.90. The lowest BCUT2D eigenvalue weighted by atomic mass is 9.98. The number of aryl methyl sites for hydroxylation is 1. The summed E-state index contributed by atoms with van der Waals surface area (Å²) < 4.78 is 1.70. The van der Waals surface area contributed by atoms with Crippen LogP contribution in [0.1, 0.15) is 12.8 Å². The Balaban J connectivity index is 1.84. The lowest BCUT2D eigenvalue weighted by Gasteiger charge is -2.30. The first-order valence-corrected chi connectivity index (χ1v) is 7.66. The second-order valence-electron chi connectivity index (χ2n) is 6.12. The zero-order valence-corrected chi connectivity index (χ0v) is 12.8. The fourth-order valence-electron chi connectivity index (χ4n) is 3.25. The summed E-state index contributed by atoms with van der Waals surface area (Å²) in [6, 6.07) is 9.78. The van der Waals surface area contributed by atoms with Crippen molar-refractivity contribution in [2.75, 3.05) is 32.0 Å². The van der Waals surface area contributed by atoms with Gasteiger partial charge in [0.05, 0.1) is 5.52 Å². The van der Waals surface area contributed by atoms with Crippen molar-refractivity contribution in [3.05, 3.63) is 40.7 Å². The van der Waals surface area contributed by atoms with Crippen LogP contribution in [0.2, 0.25) is 0 Å². The number of hydrogen-bond acceptors (Lipinski definition) is 3. The first kappa shape index (κ1) is 14.1. The predicted molar refractivity (Wildman–Crippen MR) is 87.9 cm³/mol. The average Bonchev–Trinajstić information content (AvgIpc) is 2.50. The molecule has 0 saturated carbocycles. The summed E-state index contributed by atoms with van der Waals surface area (Å²) in [5.41, 5.74) is 1.98. The monoisotopic (exact) mass is 285 g/mol. The van der Waals surface area contributed by atoms with Crippen LogP contribution >= 0.6 is 0 Å². The Morgan fingerprint density at radius 1 is 1.29 bits per heavy atom. The van der Waals surface area contributed by atoms with Gasteiger partial charge < -0.3 is 14.8 Å². The summed E-state index contributed by atoms with van der Waals surface area (Å²) in [5, 5.41) is 4.62. The number of nitrogens with zero attached hydrogens (tertiary/aromatic N) is 2. The van der Waals surface area contributed by atoms with E-state index in [-0.39, 0.29) is 5.56 Å². The van der Waals surface area contributed by atoms with Crippen LogP contribution in [0, 0.1) is 5.92 Å². The SMILES string of the molecule is CN1CCCC(CNc2cc(=O)n(C)c3ccccc23)C1. The Bertz CT molecular complexity index is 692. The topological polar surface area (TPSA) is 37.3 Å². The molecule has 3 rings (SSSR count). The molecule has 4 heteroatoms. The summed E-state index contributed by atoms with van der Waals surface area (Å²) in [6.07, 6.45) is 2.53. The van der Waals surface area contributed by atoms with E-state index < -0.39 is 0 Å². The minimum atomic E-state index is 0.0389. The van der Waals surface area contributed by atoms with Crippen molar-refractivity contribution in [2.45, 2.75) is 12.8 Å². The molecule has 4 nitrogen and oxygen atoms in total. The van der Waals surface area contributed by atoms with Crippen molar-refractivity contribution in [3.8, 4) is 0 Å². The third-order valence-electron chi connectivity index (χ3n) is 4.46. The molecule has 1 atom stereocenters. The maximum Gasteiger partial charge on any atom is 0.252 e. The van der Waals surface area contributed by atoms with Crippen LogP contribution in [-0.2, 0) is 7.05 Å². The van der Waals surface area contributed by atoms with Crippen LogP contribution in [0.25, 0.3) is 10.9 Å². The number of piperidine rings is 1. The highest BCUT2D eigenvalue weighted by Gasteiger charge is 2.17. The second-order valence-corrected chi connectivity index (χ2v) is 6.12. The Labute approximate surface area is 125 Å². The molecule has 1 aliphatic rings. The summed E-state index contributed by atoms with van der Waals surface area (Å²) in [7, 11) is 4.00. The minimum absolute atomic E-state index is 0.0389. The lowest BCUT2D eigenvalue weighted by molar-refractivity contribution is 0.217. The Morgan fingerprint density at radius 3 is 2.90 bits per heavy atom. The zero-order valence-electron chi connectivity index (χ0n) is 12.8. The number of anilines is 1. The van der Waals surface area contributed by atoms with Gasteiger partial charge in [0.15, 0.2) is 0 Å². The van der Waals surface area contributed by atoms with E-state index in [0.29, 0.717) is 5.92 Å². The van der Waals surface area contributed by atoms with Gasteiger partial charge in [-0.2, -0.15) is 0 Å². The van der Waals surface area contributed by atoms with Crippen molar-refractivity contribution in [1.29, 1.82) is 0 Å². The normalized spacial score (nSPS) is 19.8. The Morgan fingerprint density at radius 2 is 2.10 bits per heavy atom. The van der Waals surface area contributed by atoms with E-state index in [4.69, 9.17) is 0 Å². The molecular weight excluding hydrogens is 262 g/mol. The highest BCUT2D eigenvalue weighted by molar-refractivity contribution is 5.91. The number of rotatable bonds is 3. The summed E-state index contributed by atoms with van der Waals surface area (Å²) in [6.45, 7) is 3.27.